The first kappa shape index (κ1) is 21.9. The molecule has 1 aliphatic rings. The van der Waals surface area contributed by atoms with Crippen LogP contribution < -0.4 is 20.3 Å². The van der Waals surface area contributed by atoms with E-state index in [-0.39, 0.29) is 12.4 Å². The predicted molar refractivity (Wildman–Crippen MR) is 124 cm³/mol. The van der Waals surface area contributed by atoms with Crippen LogP contribution in [-0.2, 0) is 0 Å². The molecule has 0 aliphatic carbocycles. The number of benzene rings is 2. The van der Waals surface area contributed by atoms with Crippen molar-refractivity contribution in [2.24, 2.45) is 0 Å². The first-order chi connectivity index (χ1) is 14.1. The van der Waals surface area contributed by atoms with Crippen LogP contribution in [0.3, 0.4) is 0 Å². The summed E-state index contributed by atoms with van der Waals surface area (Å²) in [5, 5.41) is 7.04. The highest BCUT2D eigenvalue weighted by molar-refractivity contribution is 6.32. The van der Waals surface area contributed by atoms with Crippen molar-refractivity contribution < 1.29 is 4.74 Å². The fraction of sp³-hybridized carbons (Fsp3) is 0.286. The summed E-state index contributed by atoms with van der Waals surface area (Å²) in [7, 11) is 1.59. The number of methoxy groups -OCH3 is 1. The molecule has 1 aliphatic heterocycles. The van der Waals surface area contributed by atoms with Gasteiger partial charge in [-0.25, -0.2) is 0 Å². The van der Waals surface area contributed by atoms with E-state index in [9.17, 15) is 0 Å². The average molecular weight is 447 g/mol. The quantitative estimate of drug-likeness (QED) is 0.528. The van der Waals surface area contributed by atoms with Crippen LogP contribution in [0.2, 0.25) is 5.02 Å². The Hall–Kier alpha value is -2.77. The zero-order chi connectivity index (χ0) is 20.2. The number of anilines is 5. The maximum atomic E-state index is 6.25. The van der Waals surface area contributed by atoms with Gasteiger partial charge in [0.25, 0.3) is 0 Å². The number of ether oxygens (including phenoxy) is 1. The highest BCUT2D eigenvalue weighted by Crippen LogP contribution is 2.29. The van der Waals surface area contributed by atoms with Crippen LogP contribution in [0.15, 0.2) is 42.5 Å². The fourth-order valence-electron chi connectivity index (χ4n) is 3.26. The van der Waals surface area contributed by atoms with Gasteiger partial charge in [0.1, 0.15) is 5.75 Å². The van der Waals surface area contributed by atoms with Crippen LogP contribution in [0.4, 0.5) is 29.2 Å². The summed E-state index contributed by atoms with van der Waals surface area (Å²) in [4.78, 5) is 16.0. The van der Waals surface area contributed by atoms with E-state index in [0.29, 0.717) is 28.6 Å². The molecule has 0 unspecified atom stereocenters. The number of nitrogens with one attached hydrogen (secondary N) is 2. The summed E-state index contributed by atoms with van der Waals surface area (Å²) >= 11 is 6.25. The van der Waals surface area contributed by atoms with Gasteiger partial charge in [-0.2, -0.15) is 15.0 Å². The van der Waals surface area contributed by atoms with Crippen LogP contribution in [0.1, 0.15) is 18.4 Å². The van der Waals surface area contributed by atoms with Crippen LogP contribution in [-0.4, -0.2) is 35.2 Å². The second kappa shape index (κ2) is 9.82. The lowest BCUT2D eigenvalue weighted by Crippen LogP contribution is -2.21. The van der Waals surface area contributed by atoms with Crippen molar-refractivity contribution in [3.05, 3.63) is 53.1 Å². The smallest absolute Gasteiger partial charge is 0.233 e. The SMILES string of the molecule is COc1ccc(Nc2nc(Nc3cccc(C)c3)nc(N3CCCC3)n2)cc1Cl.Cl. The van der Waals surface area contributed by atoms with E-state index < -0.39 is 0 Å². The van der Waals surface area contributed by atoms with Crippen molar-refractivity contribution in [1.82, 2.24) is 15.0 Å². The largest absolute Gasteiger partial charge is 0.495 e. The maximum absolute atomic E-state index is 6.25. The summed E-state index contributed by atoms with van der Waals surface area (Å²) < 4.78 is 5.21. The number of nitrogens with zero attached hydrogens (tertiary/aromatic N) is 4. The second-order valence-electron chi connectivity index (χ2n) is 6.95. The van der Waals surface area contributed by atoms with E-state index in [0.717, 1.165) is 42.9 Å². The normalized spacial score (nSPS) is 13.0. The van der Waals surface area contributed by atoms with Gasteiger partial charge in [-0.15, -0.1) is 12.4 Å². The van der Waals surface area contributed by atoms with Gasteiger partial charge >= 0.3 is 0 Å². The third-order valence-electron chi connectivity index (χ3n) is 4.69. The molecule has 158 valence electrons. The lowest BCUT2D eigenvalue weighted by molar-refractivity contribution is 0.415. The predicted octanol–water partition coefficient (Wildman–Crippen LogP) is 5.35. The average Bonchev–Trinajstić information content (AvgIpc) is 3.23. The summed E-state index contributed by atoms with van der Waals surface area (Å²) in [6, 6.07) is 13.6. The Kier molecular flexibility index (Phi) is 7.18. The first-order valence-electron chi connectivity index (χ1n) is 9.56. The Labute approximate surface area is 187 Å². The maximum Gasteiger partial charge on any atom is 0.233 e. The van der Waals surface area contributed by atoms with E-state index in [4.69, 9.17) is 16.3 Å². The molecule has 9 heteroatoms. The van der Waals surface area contributed by atoms with E-state index in [2.05, 4.69) is 49.5 Å². The molecule has 0 spiro atoms. The molecular formula is C21H24Cl2N6O. The van der Waals surface area contributed by atoms with Crippen molar-refractivity contribution >= 4 is 53.2 Å². The number of rotatable bonds is 6. The molecule has 7 nitrogen and oxygen atoms in total. The summed E-state index contributed by atoms with van der Waals surface area (Å²) in [6.07, 6.45) is 2.28. The molecule has 0 atom stereocenters. The summed E-state index contributed by atoms with van der Waals surface area (Å²) in [5.41, 5.74) is 2.87. The molecule has 4 rings (SSSR count). The lowest BCUT2D eigenvalue weighted by Gasteiger charge is -2.17. The molecule has 3 aromatic rings. The molecule has 0 amide bonds. The summed E-state index contributed by atoms with van der Waals surface area (Å²) in [5.74, 6) is 2.23. The van der Waals surface area contributed by atoms with E-state index in [1.807, 2.05) is 18.2 Å². The van der Waals surface area contributed by atoms with Crippen molar-refractivity contribution in [2.45, 2.75) is 19.8 Å². The molecule has 1 fully saturated rings. The molecule has 0 radical (unpaired) electrons. The Morgan fingerprint density at radius 3 is 2.20 bits per heavy atom. The zero-order valence-corrected chi connectivity index (χ0v) is 18.4. The number of aryl methyl sites for hydroxylation is 1. The fourth-order valence-corrected chi connectivity index (χ4v) is 3.52. The topological polar surface area (TPSA) is 75.2 Å². The molecule has 2 N–H and O–H groups in total. The minimum atomic E-state index is 0. The number of hydrogen-bond acceptors (Lipinski definition) is 7. The van der Waals surface area contributed by atoms with Crippen molar-refractivity contribution in [2.75, 3.05) is 35.7 Å². The van der Waals surface area contributed by atoms with Gasteiger partial charge in [0, 0.05) is 24.5 Å². The number of aromatic nitrogens is 3. The molecule has 2 aromatic carbocycles. The first-order valence-corrected chi connectivity index (χ1v) is 9.94. The van der Waals surface area contributed by atoms with Gasteiger partial charge in [-0.1, -0.05) is 23.7 Å². The highest BCUT2D eigenvalue weighted by atomic mass is 35.5. The van der Waals surface area contributed by atoms with E-state index in [1.54, 1.807) is 19.2 Å². The van der Waals surface area contributed by atoms with Crippen molar-refractivity contribution in [3.63, 3.8) is 0 Å². The molecule has 0 saturated carbocycles. The standard InChI is InChI=1S/C21H23ClN6O.ClH/c1-14-6-5-7-15(12-14)23-19-25-20(27-21(26-19)28-10-3-4-11-28)24-16-8-9-18(29-2)17(22)13-16;/h5-9,12-13H,3-4,10-11H2,1-2H3,(H2,23,24,25,26,27);1H. The number of hydrogen-bond donors (Lipinski definition) is 2. The molecule has 1 saturated heterocycles. The Morgan fingerprint density at radius 1 is 0.933 bits per heavy atom. The second-order valence-corrected chi connectivity index (χ2v) is 7.35. The van der Waals surface area contributed by atoms with Crippen LogP contribution in [0.5, 0.6) is 5.75 Å². The third-order valence-corrected chi connectivity index (χ3v) is 4.99. The van der Waals surface area contributed by atoms with Gasteiger partial charge in [-0.05, 0) is 55.7 Å². The Bertz CT molecular complexity index is 1010. The molecule has 1 aromatic heterocycles. The lowest BCUT2D eigenvalue weighted by atomic mass is 10.2. The Balaban J connectivity index is 0.00000256. The zero-order valence-electron chi connectivity index (χ0n) is 16.9. The van der Waals surface area contributed by atoms with Crippen LogP contribution in [0.25, 0.3) is 0 Å². The van der Waals surface area contributed by atoms with Gasteiger partial charge in [-0.3, -0.25) is 0 Å². The molecule has 0 bridgehead atoms. The van der Waals surface area contributed by atoms with Crippen molar-refractivity contribution in [1.29, 1.82) is 0 Å². The van der Waals surface area contributed by atoms with Crippen LogP contribution >= 0.6 is 24.0 Å². The van der Waals surface area contributed by atoms with Crippen LogP contribution in [0, 0.1) is 6.92 Å². The number of halogens is 2. The van der Waals surface area contributed by atoms with Gasteiger partial charge in [0.15, 0.2) is 0 Å². The minimum Gasteiger partial charge on any atom is -0.495 e. The van der Waals surface area contributed by atoms with Gasteiger partial charge in [0.05, 0.1) is 12.1 Å². The Morgan fingerprint density at radius 2 is 1.60 bits per heavy atom. The van der Waals surface area contributed by atoms with E-state index >= 15 is 0 Å². The molecule has 2 heterocycles. The molecular weight excluding hydrogens is 423 g/mol. The summed E-state index contributed by atoms with van der Waals surface area (Å²) in [6.45, 7) is 3.94. The molecule has 30 heavy (non-hydrogen) atoms. The minimum absolute atomic E-state index is 0. The van der Waals surface area contributed by atoms with Gasteiger partial charge < -0.3 is 20.3 Å². The van der Waals surface area contributed by atoms with E-state index in [1.165, 1.54) is 0 Å². The monoisotopic (exact) mass is 446 g/mol. The van der Waals surface area contributed by atoms with Crippen molar-refractivity contribution in [3.8, 4) is 5.75 Å². The third kappa shape index (κ3) is 5.23. The highest BCUT2D eigenvalue weighted by Gasteiger charge is 2.18. The van der Waals surface area contributed by atoms with Gasteiger partial charge in [0.2, 0.25) is 17.8 Å².